The molecule has 0 amide bonds. The Morgan fingerprint density at radius 1 is 0.435 bits per heavy atom. The number of carboxylic acids is 3. The highest BCUT2D eigenvalue weighted by atomic mass is 16.4. The van der Waals surface area contributed by atoms with Gasteiger partial charge in [-0.15, -0.1) is 0 Å². The zero-order chi connectivity index (χ0) is 34.5. The van der Waals surface area contributed by atoms with Crippen LogP contribution in [-0.4, -0.2) is 62.4 Å². The quantitative estimate of drug-likeness (QED) is 0.0362. The molecule has 0 radical (unpaired) electrons. The molecule has 0 aromatic rings. The van der Waals surface area contributed by atoms with E-state index in [9.17, 15) is 29.7 Å². The summed E-state index contributed by atoms with van der Waals surface area (Å²) in [4.78, 5) is 37.9. The van der Waals surface area contributed by atoms with Crippen LogP contribution in [0.15, 0.2) is 12.2 Å². The second kappa shape index (κ2) is 29.3. The summed E-state index contributed by atoms with van der Waals surface area (Å²) in [5.74, 6) is -3.24. The maximum Gasteiger partial charge on any atom is 0.362 e. The SMILES string of the molecule is CCCC/C=C/CCCCCCCCCCCCCCCCCC[N+](C(CCC)C(=O)O)(C(CCC)C(=O)O)C(CCC)C(=O)O. The number of carboxylic acid groups (broad SMARTS) is 3. The third-order valence-corrected chi connectivity index (χ3v) is 9.84. The molecule has 3 unspecified atom stereocenters. The van der Waals surface area contributed by atoms with Gasteiger partial charge in [0, 0.05) is 19.3 Å². The number of hydrogen-bond acceptors (Lipinski definition) is 3. The van der Waals surface area contributed by atoms with Crippen LogP contribution in [0.4, 0.5) is 0 Å². The standard InChI is InChI=1S/C39H73NO6/c1-5-9-10-11-12-13-14-15-16-17-18-19-20-21-22-23-24-25-26-27-28-29-33-40(34(30-6-2)37(41)42,35(31-7-3)38(43)44)36(32-8-4)39(45)46/h11-12,34-36H,5-10,13-33H2,1-4H3,(H2-,41,42,43,44,45,46)/p+1/b12-11+. The first-order valence-corrected chi connectivity index (χ1v) is 19.4. The van der Waals surface area contributed by atoms with Crippen LogP contribution in [-0.2, 0) is 14.4 Å². The number of aliphatic carboxylic acids is 3. The van der Waals surface area contributed by atoms with Crippen molar-refractivity contribution in [1.29, 1.82) is 0 Å². The first kappa shape index (κ1) is 44.1. The molecule has 0 aromatic heterocycles. The molecule has 0 rings (SSSR count). The lowest BCUT2D eigenvalue weighted by atomic mass is 9.91. The molecule has 0 bridgehead atoms. The predicted molar refractivity (Wildman–Crippen MR) is 191 cm³/mol. The second-order valence-electron chi connectivity index (χ2n) is 13.7. The van der Waals surface area contributed by atoms with Gasteiger partial charge in [-0.2, -0.15) is 0 Å². The van der Waals surface area contributed by atoms with Gasteiger partial charge in [-0.05, 0) is 51.4 Å². The Balaban J connectivity index is 4.56. The highest BCUT2D eigenvalue weighted by Gasteiger charge is 2.56. The van der Waals surface area contributed by atoms with E-state index in [0.717, 1.165) is 19.3 Å². The summed E-state index contributed by atoms with van der Waals surface area (Å²) in [6.07, 6.45) is 31.8. The minimum Gasteiger partial charge on any atom is -0.477 e. The van der Waals surface area contributed by atoms with Crippen molar-refractivity contribution in [2.45, 2.75) is 213 Å². The molecule has 0 fully saturated rings. The Bertz CT molecular complexity index is 738. The van der Waals surface area contributed by atoms with Crippen LogP contribution in [0, 0.1) is 0 Å². The number of unbranched alkanes of at least 4 members (excludes halogenated alkanes) is 18. The molecule has 46 heavy (non-hydrogen) atoms. The van der Waals surface area contributed by atoms with Gasteiger partial charge in [0.15, 0.2) is 18.1 Å². The zero-order valence-corrected chi connectivity index (χ0v) is 30.5. The normalized spacial score (nSPS) is 15.0. The fourth-order valence-corrected chi connectivity index (χ4v) is 7.33. The summed E-state index contributed by atoms with van der Waals surface area (Å²) in [6.45, 7) is 8.17. The van der Waals surface area contributed by atoms with E-state index < -0.39 is 36.0 Å². The Morgan fingerprint density at radius 3 is 1.00 bits per heavy atom. The fourth-order valence-electron chi connectivity index (χ4n) is 7.33. The number of hydrogen-bond donors (Lipinski definition) is 3. The molecular weight excluding hydrogens is 578 g/mol. The van der Waals surface area contributed by atoms with E-state index in [1.54, 1.807) is 0 Å². The molecule has 0 aliphatic carbocycles. The van der Waals surface area contributed by atoms with Crippen molar-refractivity contribution < 1.29 is 34.2 Å². The van der Waals surface area contributed by atoms with Gasteiger partial charge in [0.05, 0.1) is 6.54 Å². The summed E-state index contributed by atoms with van der Waals surface area (Å²) in [6, 6.07) is -3.13. The van der Waals surface area contributed by atoms with Gasteiger partial charge in [-0.1, -0.05) is 136 Å². The van der Waals surface area contributed by atoms with Crippen molar-refractivity contribution >= 4 is 17.9 Å². The summed E-state index contributed by atoms with van der Waals surface area (Å²) < 4.78 is -0.369. The third kappa shape index (κ3) is 18.4. The van der Waals surface area contributed by atoms with Crippen molar-refractivity contribution in [2.24, 2.45) is 0 Å². The molecule has 0 saturated carbocycles. The maximum atomic E-state index is 12.6. The number of quaternary nitrogens is 1. The Labute approximate surface area is 283 Å². The first-order chi connectivity index (χ1) is 22.2. The molecule has 0 aliphatic heterocycles. The summed E-state index contributed by atoms with van der Waals surface area (Å²) in [7, 11) is 0. The van der Waals surface area contributed by atoms with E-state index in [1.165, 1.54) is 103 Å². The van der Waals surface area contributed by atoms with Gasteiger partial charge in [-0.3, -0.25) is 4.48 Å². The molecule has 0 aromatic carbocycles. The van der Waals surface area contributed by atoms with Crippen molar-refractivity contribution in [3.63, 3.8) is 0 Å². The van der Waals surface area contributed by atoms with Crippen molar-refractivity contribution in [1.82, 2.24) is 0 Å². The minimum atomic E-state index is -1.08. The van der Waals surface area contributed by atoms with Crippen LogP contribution < -0.4 is 0 Å². The van der Waals surface area contributed by atoms with Crippen LogP contribution in [0.5, 0.6) is 0 Å². The average molecular weight is 653 g/mol. The molecule has 7 nitrogen and oxygen atoms in total. The van der Waals surface area contributed by atoms with Crippen molar-refractivity contribution in [2.75, 3.05) is 6.54 Å². The van der Waals surface area contributed by atoms with Crippen molar-refractivity contribution in [3.8, 4) is 0 Å². The van der Waals surface area contributed by atoms with E-state index in [1.807, 2.05) is 20.8 Å². The largest absolute Gasteiger partial charge is 0.477 e. The second-order valence-corrected chi connectivity index (χ2v) is 13.7. The zero-order valence-electron chi connectivity index (χ0n) is 30.5. The number of allylic oxidation sites excluding steroid dienone is 2. The fraction of sp³-hybridized carbons (Fsp3) is 0.872. The molecule has 0 spiro atoms. The number of nitrogens with zero attached hydrogens (tertiary/aromatic N) is 1. The predicted octanol–water partition coefficient (Wildman–Crippen LogP) is 10.9. The van der Waals surface area contributed by atoms with Gasteiger partial charge in [0.2, 0.25) is 0 Å². The highest BCUT2D eigenvalue weighted by molar-refractivity contribution is 5.78. The number of rotatable bonds is 34. The molecule has 7 heteroatoms. The monoisotopic (exact) mass is 653 g/mol. The lowest BCUT2D eigenvalue weighted by molar-refractivity contribution is -0.973. The van der Waals surface area contributed by atoms with Crippen LogP contribution >= 0.6 is 0 Å². The Morgan fingerprint density at radius 2 is 0.717 bits per heavy atom. The van der Waals surface area contributed by atoms with E-state index in [-0.39, 0.29) is 30.3 Å². The van der Waals surface area contributed by atoms with Crippen molar-refractivity contribution in [3.05, 3.63) is 12.2 Å². The van der Waals surface area contributed by atoms with Gasteiger partial charge in [-0.25, -0.2) is 14.4 Å². The molecule has 270 valence electrons. The molecule has 0 aliphatic rings. The lowest BCUT2D eigenvalue weighted by Gasteiger charge is -2.50. The average Bonchev–Trinajstić information content (AvgIpc) is 3.02. The van der Waals surface area contributed by atoms with Crippen LogP contribution in [0.25, 0.3) is 0 Å². The van der Waals surface area contributed by atoms with E-state index in [0.29, 0.717) is 25.7 Å². The topological polar surface area (TPSA) is 112 Å². The Hall–Kier alpha value is -1.89. The molecule has 0 saturated heterocycles. The van der Waals surface area contributed by atoms with Crippen LogP contribution in [0.2, 0.25) is 0 Å². The lowest BCUT2D eigenvalue weighted by Crippen LogP contribution is -2.72. The van der Waals surface area contributed by atoms with Gasteiger partial charge < -0.3 is 15.3 Å². The Kier molecular flexibility index (Phi) is 28.1. The first-order valence-electron chi connectivity index (χ1n) is 19.4. The van der Waals surface area contributed by atoms with E-state index in [4.69, 9.17) is 0 Å². The van der Waals surface area contributed by atoms with Crippen LogP contribution in [0.1, 0.15) is 195 Å². The number of carbonyl (C=O) groups is 3. The molecule has 3 N–H and O–H groups in total. The maximum absolute atomic E-state index is 12.6. The van der Waals surface area contributed by atoms with Gasteiger partial charge in [0.25, 0.3) is 0 Å². The van der Waals surface area contributed by atoms with Crippen LogP contribution in [0.3, 0.4) is 0 Å². The van der Waals surface area contributed by atoms with E-state index in [2.05, 4.69) is 19.1 Å². The smallest absolute Gasteiger partial charge is 0.362 e. The summed E-state index contributed by atoms with van der Waals surface area (Å²) >= 11 is 0. The van der Waals surface area contributed by atoms with Gasteiger partial charge >= 0.3 is 17.9 Å². The van der Waals surface area contributed by atoms with E-state index >= 15 is 0 Å². The molecule has 3 atom stereocenters. The molecular formula is C39H74NO6+. The highest BCUT2D eigenvalue weighted by Crippen LogP contribution is 2.34. The summed E-state index contributed by atoms with van der Waals surface area (Å²) in [5, 5.41) is 30.9. The summed E-state index contributed by atoms with van der Waals surface area (Å²) in [5.41, 5.74) is 0. The molecule has 0 heterocycles. The van der Waals surface area contributed by atoms with Gasteiger partial charge in [0.1, 0.15) is 0 Å². The minimum absolute atomic E-state index is 0.271. The third-order valence-electron chi connectivity index (χ3n) is 9.84.